The van der Waals surface area contributed by atoms with Crippen molar-refractivity contribution in [2.24, 2.45) is 11.1 Å². The van der Waals surface area contributed by atoms with Gasteiger partial charge in [0.25, 0.3) is 0 Å². The van der Waals surface area contributed by atoms with E-state index in [2.05, 4.69) is 31.2 Å². The molecule has 0 aromatic heterocycles. The second-order valence-electron chi connectivity index (χ2n) is 5.93. The number of aliphatic hydroxyl groups excluding tert-OH is 1. The molecule has 2 aliphatic carbocycles. The van der Waals surface area contributed by atoms with Gasteiger partial charge in [0, 0.05) is 17.4 Å². The van der Waals surface area contributed by atoms with Gasteiger partial charge >= 0.3 is 0 Å². The number of rotatable bonds is 2. The Morgan fingerprint density at radius 3 is 2.82 bits per heavy atom. The zero-order chi connectivity index (χ0) is 12.1. The van der Waals surface area contributed by atoms with Crippen LogP contribution in [0.25, 0.3) is 0 Å². The van der Waals surface area contributed by atoms with Crippen LogP contribution in [0.2, 0.25) is 0 Å². The summed E-state index contributed by atoms with van der Waals surface area (Å²) in [4.78, 5) is 0. The highest BCUT2D eigenvalue weighted by molar-refractivity contribution is 5.47. The molecule has 3 unspecified atom stereocenters. The first-order chi connectivity index (χ1) is 8.19. The summed E-state index contributed by atoms with van der Waals surface area (Å²) >= 11 is 0. The monoisotopic (exact) mass is 231 g/mol. The maximum Gasteiger partial charge on any atom is 0.0508 e. The molecule has 2 nitrogen and oxygen atoms in total. The molecule has 92 valence electrons. The van der Waals surface area contributed by atoms with Gasteiger partial charge in [-0.2, -0.15) is 0 Å². The first-order valence-corrected chi connectivity index (χ1v) is 6.59. The quantitative estimate of drug-likeness (QED) is 0.819. The third-order valence-electron chi connectivity index (χ3n) is 5.24. The van der Waals surface area contributed by atoms with Crippen molar-refractivity contribution in [3.8, 4) is 0 Å². The van der Waals surface area contributed by atoms with Crippen molar-refractivity contribution >= 4 is 0 Å². The van der Waals surface area contributed by atoms with E-state index >= 15 is 0 Å². The fourth-order valence-electron chi connectivity index (χ4n) is 3.92. The van der Waals surface area contributed by atoms with Crippen molar-refractivity contribution in [3.63, 3.8) is 0 Å². The van der Waals surface area contributed by atoms with E-state index in [0.717, 1.165) is 6.42 Å². The van der Waals surface area contributed by atoms with Crippen molar-refractivity contribution in [2.45, 2.75) is 37.5 Å². The van der Waals surface area contributed by atoms with Crippen LogP contribution in [0.3, 0.4) is 0 Å². The molecule has 0 radical (unpaired) electrons. The molecule has 0 amide bonds. The van der Waals surface area contributed by atoms with Crippen LogP contribution in [-0.4, -0.2) is 18.3 Å². The first-order valence-electron chi connectivity index (χ1n) is 6.59. The van der Waals surface area contributed by atoms with Gasteiger partial charge in [0.15, 0.2) is 0 Å². The molecule has 1 aromatic rings. The van der Waals surface area contributed by atoms with E-state index in [9.17, 15) is 5.11 Å². The van der Waals surface area contributed by atoms with Gasteiger partial charge in [-0.3, -0.25) is 0 Å². The summed E-state index contributed by atoms with van der Waals surface area (Å²) in [5, 5.41) is 9.69. The van der Waals surface area contributed by atoms with Gasteiger partial charge in [0.05, 0.1) is 6.61 Å². The van der Waals surface area contributed by atoms with Gasteiger partial charge < -0.3 is 10.8 Å². The average Bonchev–Trinajstić information content (AvgIpc) is 3.04. The van der Waals surface area contributed by atoms with E-state index in [1.165, 1.54) is 24.0 Å². The van der Waals surface area contributed by atoms with Crippen LogP contribution in [0.5, 0.6) is 0 Å². The Hall–Kier alpha value is -0.860. The molecule has 1 spiro atoms. The zero-order valence-electron chi connectivity index (χ0n) is 10.4. The fraction of sp³-hybridized carbons (Fsp3) is 0.600. The van der Waals surface area contributed by atoms with E-state index in [0.29, 0.717) is 12.5 Å². The number of aliphatic hydroxyl groups is 1. The largest absolute Gasteiger partial charge is 0.396 e. The van der Waals surface area contributed by atoms with E-state index in [1.54, 1.807) is 0 Å². The molecular formula is C15H21NO. The average molecular weight is 231 g/mol. The Kier molecular flexibility index (Phi) is 2.36. The van der Waals surface area contributed by atoms with Gasteiger partial charge in [0.1, 0.15) is 0 Å². The molecule has 2 aliphatic rings. The summed E-state index contributed by atoms with van der Waals surface area (Å²) in [5.41, 5.74) is 8.99. The smallest absolute Gasteiger partial charge is 0.0508 e. The molecule has 3 atom stereocenters. The van der Waals surface area contributed by atoms with Gasteiger partial charge in [-0.05, 0) is 36.3 Å². The predicted octanol–water partition coefficient (Wildman–Crippen LogP) is 2.16. The molecule has 17 heavy (non-hydrogen) atoms. The van der Waals surface area contributed by atoms with Gasteiger partial charge in [-0.1, -0.05) is 31.2 Å². The molecule has 1 aromatic carbocycles. The minimum Gasteiger partial charge on any atom is -0.396 e. The number of nitrogens with two attached hydrogens (primary N) is 1. The minimum atomic E-state index is -0.0384. The van der Waals surface area contributed by atoms with Crippen LogP contribution in [-0.2, 0) is 5.41 Å². The molecule has 3 rings (SSSR count). The predicted molar refractivity (Wildman–Crippen MR) is 69.0 cm³/mol. The summed E-state index contributed by atoms with van der Waals surface area (Å²) < 4.78 is 0. The number of benzene rings is 1. The Morgan fingerprint density at radius 1 is 1.41 bits per heavy atom. The standard InChI is InChI=1S/C15H21NO/c1-11-6-7-15(8-14(15,9-16)10-17)13-5-3-2-4-12(11)13/h2-5,11,17H,6-10,16H2,1H3. The second kappa shape index (κ2) is 3.56. The third-order valence-corrected chi connectivity index (χ3v) is 5.24. The lowest BCUT2D eigenvalue weighted by Gasteiger charge is -2.33. The van der Waals surface area contributed by atoms with Gasteiger partial charge in [-0.15, -0.1) is 0 Å². The summed E-state index contributed by atoms with van der Waals surface area (Å²) in [6.45, 7) is 3.13. The van der Waals surface area contributed by atoms with Crippen molar-refractivity contribution in [1.82, 2.24) is 0 Å². The summed E-state index contributed by atoms with van der Waals surface area (Å²) in [5.74, 6) is 0.645. The maximum atomic E-state index is 9.69. The maximum absolute atomic E-state index is 9.69. The van der Waals surface area contributed by atoms with Gasteiger partial charge in [0.2, 0.25) is 0 Å². The van der Waals surface area contributed by atoms with Crippen molar-refractivity contribution in [3.05, 3.63) is 35.4 Å². The first kappa shape index (κ1) is 11.2. The number of hydrogen-bond donors (Lipinski definition) is 2. The molecule has 1 saturated carbocycles. The molecule has 0 aliphatic heterocycles. The van der Waals surface area contributed by atoms with Crippen LogP contribution in [0, 0.1) is 5.41 Å². The van der Waals surface area contributed by atoms with Gasteiger partial charge in [-0.25, -0.2) is 0 Å². The molecular weight excluding hydrogens is 210 g/mol. The lowest BCUT2D eigenvalue weighted by molar-refractivity contribution is 0.188. The van der Waals surface area contributed by atoms with Crippen LogP contribution in [0.4, 0.5) is 0 Å². The lowest BCUT2D eigenvalue weighted by Crippen LogP contribution is -2.32. The van der Waals surface area contributed by atoms with Crippen LogP contribution in [0.1, 0.15) is 43.2 Å². The number of fused-ring (bicyclic) bond motifs is 2. The summed E-state index contributed by atoms with van der Waals surface area (Å²) in [7, 11) is 0. The highest BCUT2D eigenvalue weighted by Crippen LogP contribution is 2.69. The molecule has 2 heteroatoms. The Balaban J connectivity index is 2.09. The second-order valence-corrected chi connectivity index (χ2v) is 5.93. The van der Waals surface area contributed by atoms with E-state index in [-0.39, 0.29) is 17.4 Å². The van der Waals surface area contributed by atoms with Crippen molar-refractivity contribution in [1.29, 1.82) is 0 Å². The minimum absolute atomic E-state index is 0.0384. The molecule has 1 fully saturated rings. The Bertz CT molecular complexity index is 438. The van der Waals surface area contributed by atoms with Crippen LogP contribution >= 0.6 is 0 Å². The molecule has 0 saturated heterocycles. The van der Waals surface area contributed by atoms with Crippen LogP contribution < -0.4 is 5.73 Å². The van der Waals surface area contributed by atoms with Crippen molar-refractivity contribution < 1.29 is 5.11 Å². The Morgan fingerprint density at radius 2 is 2.18 bits per heavy atom. The van der Waals surface area contributed by atoms with Crippen molar-refractivity contribution in [2.75, 3.05) is 13.2 Å². The topological polar surface area (TPSA) is 46.2 Å². The Labute approximate surface area is 103 Å². The summed E-state index contributed by atoms with van der Waals surface area (Å²) in [6, 6.07) is 8.74. The molecule has 3 N–H and O–H groups in total. The normalized spacial score (nSPS) is 39.1. The number of hydrogen-bond acceptors (Lipinski definition) is 2. The fourth-order valence-corrected chi connectivity index (χ4v) is 3.92. The summed E-state index contributed by atoms with van der Waals surface area (Å²) in [6.07, 6.45) is 3.47. The SMILES string of the molecule is CC1CCC2(CC2(CN)CO)c2ccccc21. The van der Waals surface area contributed by atoms with E-state index in [1.807, 2.05) is 0 Å². The highest BCUT2D eigenvalue weighted by atomic mass is 16.3. The molecule has 0 heterocycles. The zero-order valence-corrected chi connectivity index (χ0v) is 10.4. The van der Waals surface area contributed by atoms with E-state index in [4.69, 9.17) is 5.73 Å². The molecule has 0 bridgehead atoms. The third kappa shape index (κ3) is 1.28. The van der Waals surface area contributed by atoms with E-state index < -0.39 is 0 Å². The van der Waals surface area contributed by atoms with Crippen LogP contribution in [0.15, 0.2) is 24.3 Å². The highest BCUT2D eigenvalue weighted by Gasteiger charge is 2.67. The lowest BCUT2D eigenvalue weighted by atomic mass is 9.71.